The highest BCUT2D eigenvalue weighted by Gasteiger charge is 2.27. The molecule has 0 radical (unpaired) electrons. The Kier molecular flexibility index (Phi) is 8.27. The lowest BCUT2D eigenvalue weighted by Gasteiger charge is -2.23. The molecule has 0 saturated carbocycles. The first-order chi connectivity index (χ1) is 18.6. The Bertz CT molecular complexity index is 1410. The highest BCUT2D eigenvalue weighted by atomic mass is 32.1. The predicted molar refractivity (Wildman–Crippen MR) is 148 cm³/mol. The summed E-state index contributed by atoms with van der Waals surface area (Å²) in [5, 5.41) is 32.7. The molecule has 0 aliphatic rings. The van der Waals surface area contributed by atoms with E-state index in [9.17, 15) is 29.4 Å². The van der Waals surface area contributed by atoms with Crippen LogP contribution in [0, 0.1) is 5.41 Å². The number of thiophene rings is 2. The zero-order valence-electron chi connectivity index (χ0n) is 21.1. The number of carboxylic acid groups (broad SMARTS) is 2. The van der Waals surface area contributed by atoms with Crippen molar-refractivity contribution in [2.45, 2.75) is 26.7 Å². The van der Waals surface area contributed by atoms with E-state index in [0.29, 0.717) is 22.3 Å². The molecule has 4 aromatic rings. The SMILES string of the molecule is CC(C)(CC(=O)Nc1scc(-c2ccccc2)c1C(=O)[O-])CC(=O)Nc1scc(-c2ccccc2)c1C(=O)[O-]. The third-order valence-corrected chi connectivity index (χ3v) is 7.73. The topological polar surface area (TPSA) is 138 Å². The fourth-order valence-corrected chi connectivity index (χ4v) is 6.19. The lowest BCUT2D eigenvalue weighted by atomic mass is 9.85. The Morgan fingerprint density at radius 3 is 1.36 bits per heavy atom. The quantitative estimate of drug-likeness (QED) is 0.297. The second-order valence-electron chi connectivity index (χ2n) is 9.63. The van der Waals surface area contributed by atoms with Gasteiger partial charge in [-0.2, -0.15) is 0 Å². The molecule has 0 saturated heterocycles. The number of carbonyl (C=O) groups excluding carboxylic acids is 4. The first kappa shape index (κ1) is 27.7. The molecule has 10 heteroatoms. The molecule has 8 nitrogen and oxygen atoms in total. The van der Waals surface area contributed by atoms with E-state index in [0.717, 1.165) is 22.7 Å². The van der Waals surface area contributed by atoms with Gasteiger partial charge in [0.15, 0.2) is 0 Å². The third-order valence-electron chi connectivity index (χ3n) is 5.94. The molecule has 0 bridgehead atoms. The minimum Gasteiger partial charge on any atom is -0.545 e. The van der Waals surface area contributed by atoms with Crippen molar-refractivity contribution in [2.75, 3.05) is 10.6 Å². The second kappa shape index (κ2) is 11.6. The van der Waals surface area contributed by atoms with Crippen LogP contribution in [0.1, 0.15) is 47.4 Å². The van der Waals surface area contributed by atoms with Crippen molar-refractivity contribution in [3.8, 4) is 22.3 Å². The zero-order valence-corrected chi connectivity index (χ0v) is 22.7. The van der Waals surface area contributed by atoms with Gasteiger partial charge >= 0.3 is 0 Å². The first-order valence-electron chi connectivity index (χ1n) is 11.9. The number of amides is 2. The van der Waals surface area contributed by atoms with Gasteiger partial charge in [0.05, 0.1) is 11.9 Å². The van der Waals surface area contributed by atoms with Crippen molar-refractivity contribution >= 4 is 56.4 Å². The molecule has 4 rings (SSSR count). The highest BCUT2D eigenvalue weighted by molar-refractivity contribution is 7.15. The van der Waals surface area contributed by atoms with Crippen LogP contribution in [-0.4, -0.2) is 23.8 Å². The molecule has 0 spiro atoms. The van der Waals surface area contributed by atoms with Crippen LogP contribution in [0.25, 0.3) is 22.3 Å². The molecule has 0 aliphatic carbocycles. The number of benzene rings is 2. The van der Waals surface area contributed by atoms with Crippen LogP contribution in [0.4, 0.5) is 10.0 Å². The Balaban J connectivity index is 1.43. The van der Waals surface area contributed by atoms with E-state index in [4.69, 9.17) is 0 Å². The number of carboxylic acids is 2. The fraction of sp³-hybridized carbons (Fsp3) is 0.172. The maximum absolute atomic E-state index is 12.9. The summed E-state index contributed by atoms with van der Waals surface area (Å²) in [6.45, 7) is 3.44. The van der Waals surface area contributed by atoms with E-state index in [1.54, 1.807) is 73.1 Å². The van der Waals surface area contributed by atoms with Gasteiger partial charge in [-0.05, 0) is 16.5 Å². The summed E-state index contributed by atoms with van der Waals surface area (Å²) in [6.07, 6.45) is -0.170. The third kappa shape index (κ3) is 6.60. The van der Waals surface area contributed by atoms with Crippen LogP contribution in [0.15, 0.2) is 71.4 Å². The normalized spacial score (nSPS) is 11.1. The number of rotatable bonds is 10. The lowest BCUT2D eigenvalue weighted by Crippen LogP contribution is -2.29. The van der Waals surface area contributed by atoms with Crippen LogP contribution in [0.2, 0.25) is 0 Å². The van der Waals surface area contributed by atoms with Crippen molar-refractivity contribution in [3.63, 3.8) is 0 Å². The van der Waals surface area contributed by atoms with E-state index >= 15 is 0 Å². The summed E-state index contributed by atoms with van der Waals surface area (Å²) in [7, 11) is 0. The maximum atomic E-state index is 12.9. The average molecular weight is 561 g/mol. The van der Waals surface area contributed by atoms with Gasteiger partial charge in [-0.3, -0.25) is 9.59 Å². The standard InChI is InChI=1S/C29H26N2O6S2/c1-29(2,13-21(32)30-25-23(27(34)35)19(15-38-25)17-9-5-3-6-10-17)14-22(33)31-26-24(28(36)37)20(16-39-26)18-11-7-4-8-12-18/h3-12,15-16H,13-14H2,1-2H3,(H,30,32)(H,31,33)(H,34,35)(H,36,37)/p-2. The second-order valence-corrected chi connectivity index (χ2v) is 11.4. The molecule has 2 heterocycles. The molecule has 0 fully saturated rings. The monoisotopic (exact) mass is 560 g/mol. The van der Waals surface area contributed by atoms with Crippen molar-refractivity contribution < 1.29 is 29.4 Å². The fourth-order valence-electron chi connectivity index (χ4n) is 4.24. The number of hydrogen-bond donors (Lipinski definition) is 2. The van der Waals surface area contributed by atoms with Gasteiger partial charge in [-0.25, -0.2) is 0 Å². The predicted octanol–water partition coefficient (Wildman–Crippen LogP) is 4.25. The van der Waals surface area contributed by atoms with Crippen molar-refractivity contribution in [2.24, 2.45) is 5.41 Å². The first-order valence-corrected chi connectivity index (χ1v) is 13.7. The molecule has 39 heavy (non-hydrogen) atoms. The zero-order chi connectivity index (χ0) is 28.2. The summed E-state index contributed by atoms with van der Waals surface area (Å²) < 4.78 is 0. The summed E-state index contributed by atoms with van der Waals surface area (Å²) >= 11 is 2.16. The van der Waals surface area contributed by atoms with E-state index < -0.39 is 29.2 Å². The molecular formula is C29H24N2O6S2-2. The molecule has 0 aliphatic heterocycles. The molecule has 0 atom stereocenters. The lowest BCUT2D eigenvalue weighted by molar-refractivity contribution is -0.255. The van der Waals surface area contributed by atoms with Crippen molar-refractivity contribution in [3.05, 3.63) is 82.6 Å². The summed E-state index contributed by atoms with van der Waals surface area (Å²) in [5.41, 5.74) is 1.24. The van der Waals surface area contributed by atoms with E-state index in [1.807, 2.05) is 12.1 Å². The largest absolute Gasteiger partial charge is 0.545 e. The average Bonchev–Trinajstić information content (AvgIpc) is 3.48. The Morgan fingerprint density at radius 1 is 0.667 bits per heavy atom. The summed E-state index contributed by atoms with van der Waals surface area (Å²) in [5.74, 6) is -3.73. The van der Waals surface area contributed by atoms with Gasteiger partial charge in [-0.1, -0.05) is 74.5 Å². The number of anilines is 2. The van der Waals surface area contributed by atoms with Crippen LogP contribution in [0.5, 0.6) is 0 Å². The Labute approximate surface area is 233 Å². The van der Waals surface area contributed by atoms with E-state index in [2.05, 4.69) is 10.6 Å². The van der Waals surface area contributed by atoms with Crippen LogP contribution < -0.4 is 20.8 Å². The molecule has 2 aromatic carbocycles. The van der Waals surface area contributed by atoms with E-state index in [1.165, 1.54) is 0 Å². The molecular weight excluding hydrogens is 536 g/mol. The minimum absolute atomic E-state index is 0.0848. The van der Waals surface area contributed by atoms with Gasteiger partial charge in [0, 0.05) is 45.9 Å². The molecule has 2 N–H and O–H groups in total. The molecule has 2 amide bonds. The van der Waals surface area contributed by atoms with Gasteiger partial charge in [-0.15, -0.1) is 22.7 Å². The molecule has 0 unspecified atom stereocenters. The van der Waals surface area contributed by atoms with Gasteiger partial charge in [0.25, 0.3) is 0 Å². The highest BCUT2D eigenvalue weighted by Crippen LogP contribution is 2.37. The smallest absolute Gasteiger partial charge is 0.225 e. The van der Waals surface area contributed by atoms with Gasteiger partial charge in [0.1, 0.15) is 10.0 Å². The molecule has 200 valence electrons. The van der Waals surface area contributed by atoms with Crippen LogP contribution in [-0.2, 0) is 9.59 Å². The van der Waals surface area contributed by atoms with E-state index in [-0.39, 0.29) is 34.0 Å². The van der Waals surface area contributed by atoms with Crippen LogP contribution >= 0.6 is 22.7 Å². The maximum Gasteiger partial charge on any atom is 0.225 e. The molecule has 2 aromatic heterocycles. The number of carbonyl (C=O) groups is 4. The summed E-state index contributed by atoms with van der Waals surface area (Å²) in [4.78, 5) is 49.5. The Hall–Kier alpha value is -4.28. The Morgan fingerprint density at radius 2 is 1.03 bits per heavy atom. The number of nitrogens with one attached hydrogen (secondary N) is 2. The van der Waals surface area contributed by atoms with Crippen molar-refractivity contribution in [1.29, 1.82) is 0 Å². The minimum atomic E-state index is -1.40. The van der Waals surface area contributed by atoms with Gasteiger partial charge in [0.2, 0.25) is 11.8 Å². The number of aromatic carboxylic acids is 2. The van der Waals surface area contributed by atoms with Gasteiger partial charge < -0.3 is 30.4 Å². The van der Waals surface area contributed by atoms with Crippen LogP contribution in [0.3, 0.4) is 0 Å². The number of hydrogen-bond acceptors (Lipinski definition) is 8. The summed E-state index contributed by atoms with van der Waals surface area (Å²) in [6, 6.07) is 17.8. The van der Waals surface area contributed by atoms with Crippen molar-refractivity contribution in [1.82, 2.24) is 0 Å².